The second-order valence-corrected chi connectivity index (χ2v) is 7.26. The number of aliphatic hydroxyl groups is 1. The monoisotopic (exact) mass is 344 g/mol. The van der Waals surface area contributed by atoms with E-state index >= 15 is 0 Å². The standard InChI is InChI=1S/C14H17BrO3S/c1-7(2)14-12(16)11-8(6-19-14)9(15)5-10-13(11)18-4-3-17-10/h5,7,12,14,16H,3-4,6H2,1-2H3. The number of rotatable bonds is 1. The number of benzene rings is 1. The maximum Gasteiger partial charge on any atom is 0.167 e. The van der Waals surface area contributed by atoms with Crippen molar-refractivity contribution in [1.82, 2.24) is 0 Å². The first-order valence-corrected chi connectivity index (χ1v) is 8.34. The van der Waals surface area contributed by atoms with Gasteiger partial charge in [0.25, 0.3) is 0 Å². The number of fused-ring (bicyclic) bond motifs is 3. The third-order valence-corrected chi connectivity index (χ3v) is 5.96. The van der Waals surface area contributed by atoms with Gasteiger partial charge in [0.2, 0.25) is 0 Å². The SMILES string of the molecule is CC(C)C1SCc2c(Br)cc3c(c2C1O)OCCO3. The van der Waals surface area contributed by atoms with Crippen LogP contribution in [0, 0.1) is 5.92 Å². The Balaban J connectivity index is 2.13. The molecule has 0 amide bonds. The molecule has 2 atom stereocenters. The summed E-state index contributed by atoms with van der Waals surface area (Å²) < 4.78 is 12.4. The zero-order valence-electron chi connectivity index (χ0n) is 11.0. The number of hydrogen-bond donors (Lipinski definition) is 1. The van der Waals surface area contributed by atoms with Crippen LogP contribution in [0.5, 0.6) is 11.5 Å². The largest absolute Gasteiger partial charge is 0.486 e. The highest BCUT2D eigenvalue weighted by atomic mass is 79.9. The van der Waals surface area contributed by atoms with Crippen molar-refractivity contribution in [3.63, 3.8) is 0 Å². The molecule has 1 aromatic rings. The van der Waals surface area contributed by atoms with Gasteiger partial charge in [-0.05, 0) is 17.5 Å². The van der Waals surface area contributed by atoms with Gasteiger partial charge in [-0.2, -0.15) is 11.8 Å². The lowest BCUT2D eigenvalue weighted by Crippen LogP contribution is -2.28. The van der Waals surface area contributed by atoms with Gasteiger partial charge in [-0.15, -0.1) is 0 Å². The molecule has 0 bridgehead atoms. The minimum absolute atomic E-state index is 0.205. The predicted octanol–water partition coefficient (Wildman–Crippen LogP) is 3.53. The number of aliphatic hydroxyl groups excluding tert-OH is 1. The predicted molar refractivity (Wildman–Crippen MR) is 80.0 cm³/mol. The van der Waals surface area contributed by atoms with Crippen molar-refractivity contribution in [1.29, 1.82) is 0 Å². The van der Waals surface area contributed by atoms with Gasteiger partial charge in [-0.25, -0.2) is 0 Å². The van der Waals surface area contributed by atoms with Crippen molar-refractivity contribution in [2.45, 2.75) is 31.0 Å². The molecule has 0 aromatic heterocycles. The second kappa shape index (κ2) is 5.19. The van der Waals surface area contributed by atoms with Gasteiger partial charge < -0.3 is 14.6 Å². The summed E-state index contributed by atoms with van der Waals surface area (Å²) in [5, 5.41) is 10.9. The molecule has 19 heavy (non-hydrogen) atoms. The molecule has 1 aromatic carbocycles. The average molecular weight is 345 g/mol. The van der Waals surface area contributed by atoms with E-state index in [4.69, 9.17) is 9.47 Å². The van der Waals surface area contributed by atoms with E-state index in [-0.39, 0.29) is 5.25 Å². The fourth-order valence-corrected chi connectivity index (χ4v) is 4.79. The molecule has 0 spiro atoms. The van der Waals surface area contributed by atoms with Crippen LogP contribution in [0.1, 0.15) is 31.1 Å². The molecule has 2 heterocycles. The summed E-state index contributed by atoms with van der Waals surface area (Å²) in [6.07, 6.45) is -0.498. The van der Waals surface area contributed by atoms with Gasteiger partial charge in [0.15, 0.2) is 11.5 Å². The zero-order valence-corrected chi connectivity index (χ0v) is 13.4. The fourth-order valence-electron chi connectivity index (χ4n) is 2.67. The lowest BCUT2D eigenvalue weighted by atomic mass is 9.93. The summed E-state index contributed by atoms with van der Waals surface area (Å²) in [5.74, 6) is 2.80. The van der Waals surface area contributed by atoms with E-state index in [9.17, 15) is 5.11 Å². The Hall–Kier alpha value is -0.390. The van der Waals surface area contributed by atoms with Gasteiger partial charge in [0.05, 0.1) is 6.10 Å². The Bertz CT molecular complexity index is 504. The molecule has 2 aliphatic rings. The normalized spacial score (nSPS) is 25.3. The van der Waals surface area contributed by atoms with Gasteiger partial charge in [-0.3, -0.25) is 0 Å². The quantitative estimate of drug-likeness (QED) is 0.845. The molecule has 0 aliphatic carbocycles. The first-order valence-electron chi connectivity index (χ1n) is 6.50. The number of ether oxygens (including phenoxy) is 2. The van der Waals surface area contributed by atoms with Crippen molar-refractivity contribution in [2.75, 3.05) is 13.2 Å². The molecular formula is C14H17BrO3S. The lowest BCUT2D eigenvalue weighted by Gasteiger charge is -2.35. The van der Waals surface area contributed by atoms with Crippen molar-refractivity contribution < 1.29 is 14.6 Å². The second-order valence-electron chi connectivity index (χ2n) is 5.24. The molecule has 1 N–H and O–H groups in total. The third-order valence-electron chi connectivity index (χ3n) is 3.61. The minimum atomic E-state index is -0.498. The number of halogens is 1. The molecule has 104 valence electrons. The van der Waals surface area contributed by atoms with E-state index < -0.39 is 6.10 Å². The van der Waals surface area contributed by atoms with E-state index in [1.54, 1.807) is 0 Å². The summed E-state index contributed by atoms with van der Waals surface area (Å²) >= 11 is 5.40. The Kier molecular flexibility index (Phi) is 3.71. The first-order chi connectivity index (χ1) is 9.09. The van der Waals surface area contributed by atoms with Gasteiger partial charge in [0.1, 0.15) is 13.2 Å². The maximum absolute atomic E-state index is 10.7. The van der Waals surface area contributed by atoms with Crippen molar-refractivity contribution in [2.24, 2.45) is 5.92 Å². The summed E-state index contributed by atoms with van der Waals surface area (Å²) in [6.45, 7) is 5.41. The highest BCUT2D eigenvalue weighted by molar-refractivity contribution is 9.10. The van der Waals surface area contributed by atoms with Crippen LogP contribution >= 0.6 is 27.7 Å². The van der Waals surface area contributed by atoms with Crippen LogP contribution in [0.4, 0.5) is 0 Å². The van der Waals surface area contributed by atoms with Crippen LogP contribution in [0.2, 0.25) is 0 Å². The number of hydrogen-bond acceptors (Lipinski definition) is 4. The van der Waals surface area contributed by atoms with Crippen LogP contribution < -0.4 is 9.47 Å². The summed E-state index contributed by atoms with van der Waals surface area (Å²) in [7, 11) is 0. The Morgan fingerprint density at radius 1 is 1.37 bits per heavy atom. The van der Waals surface area contributed by atoms with Crippen LogP contribution in [-0.2, 0) is 5.75 Å². The maximum atomic E-state index is 10.7. The van der Waals surface area contributed by atoms with Crippen molar-refractivity contribution in [3.8, 4) is 11.5 Å². The molecule has 0 radical (unpaired) electrons. The topological polar surface area (TPSA) is 38.7 Å². The van der Waals surface area contributed by atoms with Gasteiger partial charge in [0, 0.05) is 21.0 Å². The molecule has 0 saturated carbocycles. The van der Waals surface area contributed by atoms with Crippen LogP contribution in [0.25, 0.3) is 0 Å². The van der Waals surface area contributed by atoms with Crippen molar-refractivity contribution in [3.05, 3.63) is 21.7 Å². The van der Waals surface area contributed by atoms with Crippen LogP contribution in [0.15, 0.2) is 10.5 Å². The lowest BCUT2D eigenvalue weighted by molar-refractivity contribution is 0.134. The first kappa shape index (κ1) is 13.6. The van der Waals surface area contributed by atoms with Gasteiger partial charge >= 0.3 is 0 Å². The van der Waals surface area contributed by atoms with Crippen LogP contribution in [0.3, 0.4) is 0 Å². The molecule has 3 rings (SSSR count). The van der Waals surface area contributed by atoms with E-state index in [0.29, 0.717) is 19.1 Å². The summed E-state index contributed by atoms with van der Waals surface area (Å²) in [4.78, 5) is 0. The molecule has 2 aliphatic heterocycles. The van der Waals surface area contributed by atoms with Crippen LogP contribution in [-0.4, -0.2) is 23.6 Å². The highest BCUT2D eigenvalue weighted by Gasteiger charge is 2.36. The Morgan fingerprint density at radius 3 is 2.84 bits per heavy atom. The fraction of sp³-hybridized carbons (Fsp3) is 0.571. The Morgan fingerprint density at radius 2 is 2.11 bits per heavy atom. The number of thioether (sulfide) groups is 1. The molecule has 3 nitrogen and oxygen atoms in total. The highest BCUT2D eigenvalue weighted by Crippen LogP contribution is 2.51. The average Bonchev–Trinajstić information content (AvgIpc) is 2.38. The molecule has 0 saturated heterocycles. The van der Waals surface area contributed by atoms with E-state index in [1.165, 1.54) is 0 Å². The zero-order chi connectivity index (χ0) is 13.6. The smallest absolute Gasteiger partial charge is 0.167 e. The minimum Gasteiger partial charge on any atom is -0.486 e. The summed E-state index contributed by atoms with van der Waals surface area (Å²) in [6, 6.07) is 1.95. The van der Waals surface area contributed by atoms with Crippen molar-refractivity contribution >= 4 is 27.7 Å². The molecule has 0 fully saturated rings. The Labute approximate surface area is 125 Å². The third kappa shape index (κ3) is 2.26. The summed E-state index contributed by atoms with van der Waals surface area (Å²) in [5.41, 5.74) is 2.06. The van der Waals surface area contributed by atoms with E-state index in [1.807, 2.05) is 17.8 Å². The molecular weight excluding hydrogens is 328 g/mol. The molecule has 2 unspecified atom stereocenters. The molecule has 5 heteroatoms. The van der Waals surface area contributed by atoms with Gasteiger partial charge in [-0.1, -0.05) is 29.8 Å². The van der Waals surface area contributed by atoms with E-state index in [2.05, 4.69) is 29.8 Å². The van der Waals surface area contributed by atoms with E-state index in [0.717, 1.165) is 32.9 Å².